The van der Waals surface area contributed by atoms with Crippen LogP contribution in [0.25, 0.3) is 0 Å². The van der Waals surface area contributed by atoms with Crippen molar-refractivity contribution in [3.05, 3.63) is 33.8 Å². The van der Waals surface area contributed by atoms with E-state index >= 15 is 0 Å². The Kier molecular flexibility index (Phi) is 7.15. The molecule has 1 atom stereocenters. The van der Waals surface area contributed by atoms with Gasteiger partial charge in [0.05, 0.1) is 0 Å². The van der Waals surface area contributed by atoms with Gasteiger partial charge in [-0.3, -0.25) is 4.79 Å². The smallest absolute Gasteiger partial charge is 0.221 e. The van der Waals surface area contributed by atoms with Crippen molar-refractivity contribution in [1.29, 1.82) is 0 Å². The molecule has 128 valence electrons. The van der Waals surface area contributed by atoms with Crippen molar-refractivity contribution in [2.45, 2.75) is 25.3 Å². The maximum atomic E-state index is 12.0. The van der Waals surface area contributed by atoms with E-state index < -0.39 is 0 Å². The van der Waals surface area contributed by atoms with Crippen LogP contribution >= 0.6 is 23.2 Å². The number of amides is 1. The molecule has 1 aliphatic rings. The number of nitrogens with one attached hydrogen (secondary N) is 1. The number of carbonyl (C=O) groups excluding carboxylic acids is 1. The number of benzene rings is 1. The summed E-state index contributed by atoms with van der Waals surface area (Å²) in [4.78, 5) is 16.6. The molecule has 0 aromatic heterocycles. The molecule has 23 heavy (non-hydrogen) atoms. The summed E-state index contributed by atoms with van der Waals surface area (Å²) in [6.07, 6.45) is 2.43. The molecule has 1 heterocycles. The Morgan fingerprint density at radius 3 is 2.87 bits per heavy atom. The number of hydrogen-bond donors (Lipinski definition) is 1. The maximum Gasteiger partial charge on any atom is 0.221 e. The van der Waals surface area contributed by atoms with Gasteiger partial charge in [-0.05, 0) is 51.2 Å². The van der Waals surface area contributed by atoms with E-state index in [9.17, 15) is 4.79 Å². The van der Waals surface area contributed by atoms with Crippen LogP contribution in [0.4, 0.5) is 0 Å². The zero-order chi connectivity index (χ0) is 16.8. The topological polar surface area (TPSA) is 35.6 Å². The lowest BCUT2D eigenvalue weighted by atomic mass is 10.1. The summed E-state index contributed by atoms with van der Waals surface area (Å²) in [5, 5.41) is 4.24. The lowest BCUT2D eigenvalue weighted by Gasteiger charge is -2.23. The van der Waals surface area contributed by atoms with Gasteiger partial charge in [0.2, 0.25) is 5.91 Å². The summed E-state index contributed by atoms with van der Waals surface area (Å²) < 4.78 is 0. The highest BCUT2D eigenvalue weighted by molar-refractivity contribution is 6.35. The Balaban J connectivity index is 1.65. The average Bonchev–Trinajstić information content (AvgIpc) is 2.93. The molecule has 0 unspecified atom stereocenters. The third-order valence-electron chi connectivity index (χ3n) is 4.41. The molecule has 1 fully saturated rings. The van der Waals surface area contributed by atoms with Crippen molar-refractivity contribution in [2.24, 2.45) is 0 Å². The Hall–Kier alpha value is -0.810. The molecule has 0 spiro atoms. The molecule has 6 heteroatoms. The van der Waals surface area contributed by atoms with E-state index in [2.05, 4.69) is 29.2 Å². The Morgan fingerprint density at radius 2 is 2.22 bits per heavy atom. The van der Waals surface area contributed by atoms with E-state index in [4.69, 9.17) is 23.2 Å². The zero-order valence-corrected chi connectivity index (χ0v) is 15.3. The van der Waals surface area contributed by atoms with Crippen LogP contribution in [0.1, 0.15) is 18.4 Å². The molecule has 0 saturated carbocycles. The summed E-state index contributed by atoms with van der Waals surface area (Å²) >= 11 is 12.0. The predicted octanol–water partition coefficient (Wildman–Crippen LogP) is 2.68. The van der Waals surface area contributed by atoms with Gasteiger partial charge in [0, 0.05) is 42.1 Å². The Labute approximate surface area is 148 Å². The van der Waals surface area contributed by atoms with Gasteiger partial charge in [0.25, 0.3) is 0 Å². The third-order valence-corrected chi connectivity index (χ3v) is 5.00. The van der Waals surface area contributed by atoms with Gasteiger partial charge in [0.15, 0.2) is 0 Å². The van der Waals surface area contributed by atoms with Crippen LogP contribution in [0.3, 0.4) is 0 Å². The normalized spacial score (nSPS) is 18.6. The third kappa shape index (κ3) is 5.96. The maximum absolute atomic E-state index is 12.0. The first-order valence-corrected chi connectivity index (χ1v) is 8.80. The minimum absolute atomic E-state index is 0.0910. The summed E-state index contributed by atoms with van der Waals surface area (Å²) in [5.41, 5.74) is 1.00. The molecule has 1 saturated heterocycles. The SMILES string of the molecule is CN1CC[C@@H](N(C)CCC(=O)NCCc2ccc(Cl)cc2Cl)C1. The van der Waals surface area contributed by atoms with Crippen molar-refractivity contribution in [3.63, 3.8) is 0 Å². The number of likely N-dealkylation sites (N-methyl/N-ethyl adjacent to an activating group) is 2. The van der Waals surface area contributed by atoms with Gasteiger partial charge in [-0.1, -0.05) is 29.3 Å². The fourth-order valence-corrected chi connectivity index (χ4v) is 3.38. The minimum Gasteiger partial charge on any atom is -0.356 e. The van der Waals surface area contributed by atoms with E-state index in [0.717, 1.165) is 25.2 Å². The van der Waals surface area contributed by atoms with Crippen LogP contribution in [0.2, 0.25) is 10.0 Å². The highest BCUT2D eigenvalue weighted by atomic mass is 35.5. The quantitative estimate of drug-likeness (QED) is 0.814. The van der Waals surface area contributed by atoms with Gasteiger partial charge in [0.1, 0.15) is 0 Å². The molecule has 1 aromatic rings. The van der Waals surface area contributed by atoms with Crippen LogP contribution in [0.5, 0.6) is 0 Å². The number of halogens is 2. The first-order chi connectivity index (χ1) is 11.0. The molecular formula is C17H25Cl2N3O. The number of likely N-dealkylation sites (tertiary alicyclic amines) is 1. The van der Waals surface area contributed by atoms with Crippen molar-refractivity contribution in [3.8, 4) is 0 Å². The summed E-state index contributed by atoms with van der Waals surface area (Å²) in [6, 6.07) is 6.02. The summed E-state index contributed by atoms with van der Waals surface area (Å²) in [6.45, 7) is 3.62. The van der Waals surface area contributed by atoms with Crippen LogP contribution in [-0.2, 0) is 11.2 Å². The molecule has 2 rings (SSSR count). The molecule has 1 aromatic carbocycles. The molecule has 0 radical (unpaired) electrons. The number of hydrogen-bond acceptors (Lipinski definition) is 3. The number of carbonyl (C=O) groups is 1. The van der Waals surface area contributed by atoms with Crippen molar-refractivity contribution in [2.75, 3.05) is 40.3 Å². The second-order valence-electron chi connectivity index (χ2n) is 6.27. The minimum atomic E-state index is 0.0910. The van der Waals surface area contributed by atoms with E-state index in [1.807, 2.05) is 12.1 Å². The summed E-state index contributed by atoms with van der Waals surface area (Å²) in [7, 11) is 4.24. The lowest BCUT2D eigenvalue weighted by molar-refractivity contribution is -0.121. The van der Waals surface area contributed by atoms with Gasteiger partial charge in [-0.25, -0.2) is 0 Å². The van der Waals surface area contributed by atoms with Gasteiger partial charge >= 0.3 is 0 Å². The number of rotatable bonds is 7. The molecular weight excluding hydrogens is 333 g/mol. The predicted molar refractivity (Wildman–Crippen MR) is 96.3 cm³/mol. The molecule has 0 bridgehead atoms. The largest absolute Gasteiger partial charge is 0.356 e. The monoisotopic (exact) mass is 357 g/mol. The van der Waals surface area contributed by atoms with E-state index in [-0.39, 0.29) is 5.91 Å². The zero-order valence-electron chi connectivity index (χ0n) is 13.8. The molecule has 1 aliphatic heterocycles. The van der Waals surface area contributed by atoms with Crippen LogP contribution in [0.15, 0.2) is 18.2 Å². The average molecular weight is 358 g/mol. The number of nitrogens with zero attached hydrogens (tertiary/aromatic N) is 2. The van der Waals surface area contributed by atoms with E-state index in [1.54, 1.807) is 6.07 Å². The van der Waals surface area contributed by atoms with Crippen molar-refractivity contribution in [1.82, 2.24) is 15.1 Å². The second kappa shape index (κ2) is 8.88. The highest BCUT2D eigenvalue weighted by Gasteiger charge is 2.23. The van der Waals surface area contributed by atoms with Gasteiger partial charge < -0.3 is 15.1 Å². The van der Waals surface area contributed by atoms with E-state index in [1.165, 1.54) is 6.42 Å². The lowest BCUT2D eigenvalue weighted by Crippen LogP contribution is -2.37. The van der Waals surface area contributed by atoms with Gasteiger partial charge in [-0.15, -0.1) is 0 Å². The van der Waals surface area contributed by atoms with Crippen LogP contribution in [-0.4, -0.2) is 62.0 Å². The fraction of sp³-hybridized carbons (Fsp3) is 0.588. The second-order valence-corrected chi connectivity index (χ2v) is 7.11. The van der Waals surface area contributed by atoms with Crippen LogP contribution in [0, 0.1) is 0 Å². The van der Waals surface area contributed by atoms with Crippen molar-refractivity contribution >= 4 is 29.1 Å². The molecule has 1 amide bonds. The highest BCUT2D eigenvalue weighted by Crippen LogP contribution is 2.21. The summed E-state index contributed by atoms with van der Waals surface area (Å²) in [5.74, 6) is 0.0910. The van der Waals surface area contributed by atoms with Gasteiger partial charge in [-0.2, -0.15) is 0 Å². The Bertz CT molecular complexity index is 539. The first kappa shape index (κ1) is 18.5. The molecule has 4 nitrogen and oxygen atoms in total. The fourth-order valence-electron chi connectivity index (χ4n) is 2.88. The molecule has 1 N–H and O–H groups in total. The standard InChI is InChI=1S/C17H25Cl2N3O/c1-21-9-6-15(12-21)22(2)10-7-17(23)20-8-5-13-3-4-14(18)11-16(13)19/h3-4,11,15H,5-10,12H2,1-2H3,(H,20,23)/t15-/m1/s1. The van der Waals surface area contributed by atoms with Crippen LogP contribution < -0.4 is 5.32 Å². The Morgan fingerprint density at radius 1 is 1.43 bits per heavy atom. The van der Waals surface area contributed by atoms with Crippen molar-refractivity contribution < 1.29 is 4.79 Å². The molecule has 0 aliphatic carbocycles. The first-order valence-electron chi connectivity index (χ1n) is 8.05. The van der Waals surface area contributed by atoms with E-state index in [0.29, 0.717) is 35.5 Å².